The van der Waals surface area contributed by atoms with E-state index in [-0.39, 0.29) is 15.9 Å². The molecule has 0 saturated heterocycles. The van der Waals surface area contributed by atoms with Crippen LogP contribution in [0.4, 0.5) is 11.4 Å². The molecule has 3 aliphatic carbocycles. The molecule has 0 spiro atoms. The Hall–Kier alpha value is -6.43. The van der Waals surface area contributed by atoms with Crippen LogP contribution in [0.1, 0.15) is 67.3 Å². The number of aromatic nitrogens is 3. The maximum absolute atomic E-state index is 5.54. The first-order valence-corrected chi connectivity index (χ1v) is 22.3. The van der Waals surface area contributed by atoms with Gasteiger partial charge in [0.05, 0.1) is 28.1 Å². The maximum Gasteiger partial charge on any atom is 0.235 e. The van der Waals surface area contributed by atoms with Crippen molar-refractivity contribution in [3.63, 3.8) is 0 Å². The quantitative estimate of drug-likeness (QED) is 0.163. The molecule has 2 aromatic heterocycles. The molecule has 12 rings (SSSR count). The number of thioether (sulfide) groups is 1. The lowest BCUT2D eigenvalue weighted by Crippen LogP contribution is -2.37. The van der Waals surface area contributed by atoms with E-state index >= 15 is 0 Å². The molecule has 0 fully saturated rings. The van der Waals surface area contributed by atoms with Crippen molar-refractivity contribution < 1.29 is 0 Å². The Bertz CT molecular complexity index is 3230. The number of allylic oxidation sites excluding steroid dienone is 7. The third-order valence-corrected chi connectivity index (χ3v) is 14.6. The van der Waals surface area contributed by atoms with Crippen LogP contribution < -0.4 is 4.90 Å². The first-order valence-electron chi connectivity index (χ1n) is 21.4. The van der Waals surface area contributed by atoms with Crippen LogP contribution in [0, 0.1) is 0 Å². The highest BCUT2D eigenvalue weighted by Gasteiger charge is 2.41. The molecule has 290 valence electrons. The van der Waals surface area contributed by atoms with E-state index in [0.29, 0.717) is 0 Å². The van der Waals surface area contributed by atoms with Gasteiger partial charge in [-0.1, -0.05) is 141 Å². The van der Waals surface area contributed by atoms with Gasteiger partial charge in [0.25, 0.3) is 0 Å². The number of fused-ring (bicyclic) bond motifs is 10. The van der Waals surface area contributed by atoms with Crippen LogP contribution in [-0.2, 0) is 5.41 Å². The summed E-state index contributed by atoms with van der Waals surface area (Å²) < 4.78 is 2.37. The minimum absolute atomic E-state index is 0.107. The van der Waals surface area contributed by atoms with Gasteiger partial charge in [0, 0.05) is 43.5 Å². The fraction of sp³-hybridized carbons (Fsp3) is 0.164. The summed E-state index contributed by atoms with van der Waals surface area (Å²) in [6.45, 7) is 4.79. The second-order valence-corrected chi connectivity index (χ2v) is 18.5. The van der Waals surface area contributed by atoms with Crippen LogP contribution in [0.3, 0.4) is 0 Å². The summed E-state index contributed by atoms with van der Waals surface area (Å²) in [6, 6.07) is 46.4. The molecule has 0 saturated carbocycles. The molecule has 60 heavy (non-hydrogen) atoms. The fourth-order valence-electron chi connectivity index (χ4n) is 10.4. The van der Waals surface area contributed by atoms with Crippen molar-refractivity contribution in [2.45, 2.75) is 55.4 Å². The lowest BCUT2D eigenvalue weighted by Gasteiger charge is -2.46. The number of hydrogen-bond donors (Lipinski definition) is 0. The minimum Gasteiger partial charge on any atom is -0.310 e. The van der Waals surface area contributed by atoms with Gasteiger partial charge in [-0.25, -0.2) is 9.97 Å². The summed E-state index contributed by atoms with van der Waals surface area (Å²) >= 11 is 2.11. The van der Waals surface area contributed by atoms with Crippen molar-refractivity contribution in [3.05, 3.63) is 198 Å². The summed E-state index contributed by atoms with van der Waals surface area (Å²) in [4.78, 5) is 13.6. The molecular formula is C55H44N4S. The zero-order chi connectivity index (χ0) is 40.0. The molecule has 5 heteroatoms. The number of nitrogens with zero attached hydrogens (tertiary/aromatic N) is 4. The predicted octanol–water partition coefficient (Wildman–Crippen LogP) is 14.5. The number of para-hydroxylation sites is 2. The first-order chi connectivity index (χ1) is 29.5. The molecule has 0 radical (unpaired) electrons. The molecule has 4 nitrogen and oxygen atoms in total. The van der Waals surface area contributed by atoms with Crippen LogP contribution in [0.5, 0.6) is 0 Å². The fourth-order valence-corrected chi connectivity index (χ4v) is 11.8. The van der Waals surface area contributed by atoms with E-state index in [2.05, 4.69) is 205 Å². The molecule has 3 heterocycles. The molecule has 1 unspecified atom stereocenters. The number of hydrogen-bond acceptors (Lipinski definition) is 4. The molecule has 4 aliphatic rings. The summed E-state index contributed by atoms with van der Waals surface area (Å²) in [5.41, 5.74) is 13.3. The lowest BCUT2D eigenvalue weighted by atomic mass is 9.70. The average Bonchev–Trinajstić information content (AvgIpc) is 3.65. The van der Waals surface area contributed by atoms with E-state index in [1.807, 2.05) is 0 Å². The van der Waals surface area contributed by atoms with Gasteiger partial charge in [-0.3, -0.25) is 4.57 Å². The van der Waals surface area contributed by atoms with Crippen LogP contribution in [0.25, 0.3) is 60.9 Å². The molecule has 0 N–H and O–H groups in total. The topological polar surface area (TPSA) is 34.0 Å². The van der Waals surface area contributed by atoms with Gasteiger partial charge in [0.15, 0.2) is 0 Å². The Kier molecular flexibility index (Phi) is 8.18. The van der Waals surface area contributed by atoms with Crippen LogP contribution >= 0.6 is 11.8 Å². The summed E-state index contributed by atoms with van der Waals surface area (Å²) in [5.74, 6) is 0.722. The Labute approximate surface area is 355 Å². The highest BCUT2D eigenvalue weighted by molar-refractivity contribution is 8.00. The molecule has 1 aliphatic heterocycles. The second-order valence-electron chi connectivity index (χ2n) is 17.0. The number of benzene rings is 6. The molecule has 0 bridgehead atoms. The van der Waals surface area contributed by atoms with E-state index < -0.39 is 0 Å². The Morgan fingerprint density at radius 3 is 2.28 bits per heavy atom. The van der Waals surface area contributed by atoms with Crippen molar-refractivity contribution in [3.8, 4) is 5.95 Å². The standard InChI is InChI=1S/C55H44N4S/c1-55(2)43-24-13-14-25-45(43)58(38-20-7-4-8-21-38)48-34-39(30-32-44(48)55)60-49-27-15-26-46-51(49)50-40-22-11-9-16-35(40)29-33-47(50)59(46)54-56-52(37-18-5-3-6-19-37)42-31-28-36-17-10-12-23-41(36)53(42)57-54/h4-5,7-26,28-29,31-34,39,49H,3,6,27,30H2,1-2H3/t39?,49-/m1/s1. The Morgan fingerprint density at radius 2 is 1.43 bits per heavy atom. The van der Waals surface area contributed by atoms with E-state index in [1.165, 1.54) is 66.6 Å². The third kappa shape index (κ3) is 5.45. The predicted molar refractivity (Wildman–Crippen MR) is 254 cm³/mol. The van der Waals surface area contributed by atoms with E-state index in [9.17, 15) is 0 Å². The number of anilines is 2. The second kappa shape index (κ2) is 13.8. The van der Waals surface area contributed by atoms with E-state index in [4.69, 9.17) is 9.97 Å². The van der Waals surface area contributed by atoms with Crippen molar-refractivity contribution >= 4 is 78.1 Å². The summed E-state index contributed by atoms with van der Waals surface area (Å²) in [7, 11) is 0. The lowest BCUT2D eigenvalue weighted by molar-refractivity contribution is 0.603. The molecule has 2 atom stereocenters. The first kappa shape index (κ1) is 35.5. The minimum atomic E-state index is -0.107. The normalized spacial score (nSPS) is 19.2. The summed E-state index contributed by atoms with van der Waals surface area (Å²) in [5, 5.41) is 7.78. The zero-order valence-electron chi connectivity index (χ0n) is 33.8. The maximum atomic E-state index is 5.54. The SMILES string of the molecule is CC1(C)C2=CCC(S[C@@H]3CC=Cc4c3c3c5ccccc5ccc3n4-c3nc(C4=CCCC=C4)c4ccc5ccccc5c4n3)C=C2N(c2ccccc2)c2ccccc21. The molecule has 6 aromatic carbocycles. The van der Waals surface area contributed by atoms with Gasteiger partial charge >= 0.3 is 0 Å². The van der Waals surface area contributed by atoms with Gasteiger partial charge in [0.2, 0.25) is 5.95 Å². The largest absolute Gasteiger partial charge is 0.310 e. The van der Waals surface area contributed by atoms with E-state index in [1.54, 1.807) is 0 Å². The Balaban J connectivity index is 1.04. The van der Waals surface area contributed by atoms with Crippen molar-refractivity contribution in [2.75, 3.05) is 4.90 Å². The zero-order valence-corrected chi connectivity index (χ0v) is 34.7. The van der Waals surface area contributed by atoms with Crippen LogP contribution in [0.15, 0.2) is 175 Å². The van der Waals surface area contributed by atoms with Crippen LogP contribution in [0.2, 0.25) is 0 Å². The van der Waals surface area contributed by atoms with Gasteiger partial charge in [-0.15, -0.1) is 11.8 Å². The highest BCUT2D eigenvalue weighted by Crippen LogP contribution is 2.54. The molecule has 8 aromatic rings. The van der Waals surface area contributed by atoms with Gasteiger partial charge in [0.1, 0.15) is 0 Å². The smallest absolute Gasteiger partial charge is 0.235 e. The highest BCUT2D eigenvalue weighted by atomic mass is 32.2. The molecule has 0 amide bonds. The Morgan fingerprint density at radius 1 is 0.667 bits per heavy atom. The van der Waals surface area contributed by atoms with Gasteiger partial charge < -0.3 is 4.90 Å². The van der Waals surface area contributed by atoms with Gasteiger partial charge in [-0.05, 0) is 107 Å². The third-order valence-electron chi connectivity index (χ3n) is 13.2. The number of rotatable bonds is 5. The monoisotopic (exact) mass is 792 g/mol. The van der Waals surface area contributed by atoms with Crippen molar-refractivity contribution in [1.29, 1.82) is 0 Å². The average molecular weight is 793 g/mol. The van der Waals surface area contributed by atoms with Gasteiger partial charge in [-0.2, -0.15) is 0 Å². The van der Waals surface area contributed by atoms with Crippen molar-refractivity contribution in [2.24, 2.45) is 0 Å². The molecular weight excluding hydrogens is 749 g/mol. The van der Waals surface area contributed by atoms with E-state index in [0.717, 1.165) is 59.1 Å². The van der Waals surface area contributed by atoms with Crippen LogP contribution in [-0.4, -0.2) is 19.8 Å². The van der Waals surface area contributed by atoms with Crippen molar-refractivity contribution in [1.82, 2.24) is 14.5 Å². The summed E-state index contributed by atoms with van der Waals surface area (Å²) in [6.07, 6.45) is 20.7.